The van der Waals surface area contributed by atoms with E-state index in [1.54, 1.807) is 0 Å². The fraction of sp³-hybridized carbons (Fsp3) is 0.125. The van der Waals surface area contributed by atoms with Crippen molar-refractivity contribution in [2.75, 3.05) is 12.3 Å². The van der Waals surface area contributed by atoms with Gasteiger partial charge in [-0.1, -0.05) is 0 Å². The summed E-state index contributed by atoms with van der Waals surface area (Å²) in [5.74, 6) is -1.63. The summed E-state index contributed by atoms with van der Waals surface area (Å²) < 4.78 is 0. The van der Waals surface area contributed by atoms with Gasteiger partial charge in [0, 0.05) is 6.20 Å². The molecule has 0 bridgehead atoms. The average molecular weight is 195 g/mol. The Bertz CT molecular complexity index is 365. The predicted molar refractivity (Wildman–Crippen MR) is 48.6 cm³/mol. The number of hydrogen-bond donors (Lipinski definition) is 3. The van der Waals surface area contributed by atoms with Crippen LogP contribution in [0.25, 0.3) is 0 Å². The van der Waals surface area contributed by atoms with Gasteiger partial charge in [-0.2, -0.15) is 0 Å². The number of nitrogens with two attached hydrogens (primary N) is 1. The number of carboxylic acids is 1. The molecule has 6 nitrogen and oxygen atoms in total. The summed E-state index contributed by atoms with van der Waals surface area (Å²) in [6.45, 7) is -0.430. The van der Waals surface area contributed by atoms with Crippen LogP contribution in [0.15, 0.2) is 18.5 Å². The van der Waals surface area contributed by atoms with E-state index in [9.17, 15) is 9.59 Å². The van der Waals surface area contributed by atoms with Crippen molar-refractivity contribution in [2.24, 2.45) is 0 Å². The number of hydrogen-bond acceptors (Lipinski definition) is 4. The molecule has 0 radical (unpaired) electrons. The summed E-state index contributed by atoms with van der Waals surface area (Å²) in [6.07, 6.45) is 2.74. The number of carboxylic acid groups (broad SMARTS) is 1. The normalized spacial score (nSPS) is 9.43. The van der Waals surface area contributed by atoms with Gasteiger partial charge in [-0.25, -0.2) is 0 Å². The maximum atomic E-state index is 11.3. The first-order valence-electron chi connectivity index (χ1n) is 3.80. The summed E-state index contributed by atoms with van der Waals surface area (Å²) in [5.41, 5.74) is 5.90. The Morgan fingerprint density at radius 2 is 2.29 bits per heavy atom. The number of rotatable bonds is 3. The molecule has 0 atom stereocenters. The zero-order chi connectivity index (χ0) is 10.6. The third-order valence-corrected chi connectivity index (χ3v) is 1.50. The van der Waals surface area contributed by atoms with Crippen molar-refractivity contribution in [3.8, 4) is 0 Å². The molecule has 0 aliphatic heterocycles. The maximum absolute atomic E-state index is 11.3. The van der Waals surface area contributed by atoms with E-state index in [2.05, 4.69) is 10.3 Å². The van der Waals surface area contributed by atoms with Crippen molar-refractivity contribution in [1.82, 2.24) is 10.3 Å². The molecule has 0 aromatic carbocycles. The molecule has 6 heteroatoms. The van der Waals surface area contributed by atoms with Crippen LogP contribution in [-0.2, 0) is 4.79 Å². The number of pyridine rings is 1. The number of amides is 1. The van der Waals surface area contributed by atoms with Crippen molar-refractivity contribution in [3.63, 3.8) is 0 Å². The van der Waals surface area contributed by atoms with E-state index < -0.39 is 18.4 Å². The lowest BCUT2D eigenvalue weighted by Gasteiger charge is -2.03. The Labute approximate surface area is 79.8 Å². The van der Waals surface area contributed by atoms with E-state index >= 15 is 0 Å². The number of anilines is 1. The van der Waals surface area contributed by atoms with Gasteiger partial charge in [0.1, 0.15) is 6.54 Å². The SMILES string of the molecule is Nc1cnccc1C(=O)NCC(=O)O. The first-order valence-corrected chi connectivity index (χ1v) is 3.80. The van der Waals surface area contributed by atoms with Crippen LogP contribution in [0.3, 0.4) is 0 Å². The zero-order valence-electron chi connectivity index (χ0n) is 7.23. The lowest BCUT2D eigenvalue weighted by molar-refractivity contribution is -0.135. The standard InChI is InChI=1S/C8H9N3O3/c9-6-3-10-2-1-5(6)8(14)11-4-7(12)13/h1-3H,4,9H2,(H,11,14)(H,12,13). The molecular weight excluding hydrogens is 186 g/mol. The summed E-state index contributed by atoms with van der Waals surface area (Å²) in [7, 11) is 0. The summed E-state index contributed by atoms with van der Waals surface area (Å²) in [4.78, 5) is 25.2. The molecule has 74 valence electrons. The minimum Gasteiger partial charge on any atom is -0.480 e. The predicted octanol–water partition coefficient (Wildman–Crippen LogP) is -0.522. The number of aliphatic carboxylic acids is 1. The highest BCUT2D eigenvalue weighted by molar-refractivity contribution is 5.99. The lowest BCUT2D eigenvalue weighted by atomic mass is 10.2. The van der Waals surface area contributed by atoms with Gasteiger partial charge in [-0.15, -0.1) is 0 Å². The molecule has 0 aliphatic carbocycles. The highest BCUT2D eigenvalue weighted by Crippen LogP contribution is 2.07. The molecule has 1 heterocycles. The van der Waals surface area contributed by atoms with Gasteiger partial charge in [0.2, 0.25) is 0 Å². The van der Waals surface area contributed by atoms with E-state index in [4.69, 9.17) is 10.8 Å². The van der Waals surface area contributed by atoms with Crippen LogP contribution in [0.4, 0.5) is 5.69 Å². The van der Waals surface area contributed by atoms with Crippen LogP contribution < -0.4 is 11.1 Å². The molecule has 1 rings (SSSR count). The molecule has 14 heavy (non-hydrogen) atoms. The molecular formula is C8H9N3O3. The molecule has 0 spiro atoms. The van der Waals surface area contributed by atoms with E-state index in [0.29, 0.717) is 0 Å². The Kier molecular flexibility index (Phi) is 3.01. The topological polar surface area (TPSA) is 105 Å². The zero-order valence-corrected chi connectivity index (χ0v) is 7.23. The van der Waals surface area contributed by atoms with Gasteiger partial charge in [0.15, 0.2) is 0 Å². The van der Waals surface area contributed by atoms with Crippen molar-refractivity contribution < 1.29 is 14.7 Å². The minimum absolute atomic E-state index is 0.218. The Hall–Kier alpha value is -2.11. The van der Waals surface area contributed by atoms with Gasteiger partial charge in [-0.3, -0.25) is 14.6 Å². The number of nitrogens with zero attached hydrogens (tertiary/aromatic N) is 1. The number of carbonyl (C=O) groups is 2. The van der Waals surface area contributed by atoms with Gasteiger partial charge in [0.25, 0.3) is 5.91 Å². The Balaban J connectivity index is 2.70. The minimum atomic E-state index is -1.11. The monoisotopic (exact) mass is 195 g/mol. The van der Waals surface area contributed by atoms with Gasteiger partial charge in [0.05, 0.1) is 17.4 Å². The van der Waals surface area contributed by atoms with Crippen LogP contribution in [0.5, 0.6) is 0 Å². The van der Waals surface area contributed by atoms with E-state index in [0.717, 1.165) is 0 Å². The smallest absolute Gasteiger partial charge is 0.322 e. The van der Waals surface area contributed by atoms with Crippen molar-refractivity contribution in [1.29, 1.82) is 0 Å². The molecule has 0 unspecified atom stereocenters. The van der Waals surface area contributed by atoms with Crippen LogP contribution in [0.1, 0.15) is 10.4 Å². The maximum Gasteiger partial charge on any atom is 0.322 e. The summed E-state index contributed by atoms with van der Waals surface area (Å²) in [6, 6.07) is 1.42. The molecule has 1 aromatic rings. The second-order valence-electron chi connectivity index (χ2n) is 2.54. The van der Waals surface area contributed by atoms with Crippen LogP contribution >= 0.6 is 0 Å². The number of aromatic nitrogens is 1. The molecule has 4 N–H and O–H groups in total. The first-order chi connectivity index (χ1) is 6.61. The molecule has 0 saturated heterocycles. The van der Waals surface area contributed by atoms with Gasteiger partial charge < -0.3 is 16.2 Å². The Morgan fingerprint density at radius 1 is 1.57 bits per heavy atom. The Morgan fingerprint density at radius 3 is 2.86 bits per heavy atom. The molecule has 1 aromatic heterocycles. The molecule has 0 saturated carbocycles. The number of nitrogen functional groups attached to an aromatic ring is 1. The quantitative estimate of drug-likeness (QED) is 0.601. The fourth-order valence-corrected chi connectivity index (χ4v) is 0.865. The van der Waals surface area contributed by atoms with Crippen LogP contribution in [0.2, 0.25) is 0 Å². The summed E-state index contributed by atoms with van der Waals surface area (Å²) >= 11 is 0. The lowest BCUT2D eigenvalue weighted by Crippen LogP contribution is -2.29. The molecule has 0 fully saturated rings. The van der Waals surface area contributed by atoms with Gasteiger partial charge in [-0.05, 0) is 6.07 Å². The van der Waals surface area contributed by atoms with Crippen LogP contribution in [-0.4, -0.2) is 28.5 Å². The van der Waals surface area contributed by atoms with Crippen molar-refractivity contribution in [2.45, 2.75) is 0 Å². The second-order valence-corrected chi connectivity index (χ2v) is 2.54. The van der Waals surface area contributed by atoms with Crippen molar-refractivity contribution in [3.05, 3.63) is 24.0 Å². The third-order valence-electron chi connectivity index (χ3n) is 1.50. The first kappa shape index (κ1) is 9.97. The average Bonchev–Trinajstić information content (AvgIpc) is 2.15. The molecule has 0 aliphatic rings. The highest BCUT2D eigenvalue weighted by Gasteiger charge is 2.09. The van der Waals surface area contributed by atoms with Crippen LogP contribution in [0, 0.1) is 0 Å². The third kappa shape index (κ3) is 2.44. The largest absolute Gasteiger partial charge is 0.480 e. The highest BCUT2D eigenvalue weighted by atomic mass is 16.4. The molecule has 1 amide bonds. The number of carbonyl (C=O) groups excluding carboxylic acids is 1. The van der Waals surface area contributed by atoms with E-state index in [1.807, 2.05) is 0 Å². The second kappa shape index (κ2) is 4.22. The summed E-state index contributed by atoms with van der Waals surface area (Å²) in [5, 5.41) is 10.5. The van der Waals surface area contributed by atoms with Gasteiger partial charge >= 0.3 is 5.97 Å². The van der Waals surface area contributed by atoms with E-state index in [1.165, 1.54) is 18.5 Å². The fourth-order valence-electron chi connectivity index (χ4n) is 0.865. The van der Waals surface area contributed by atoms with E-state index in [-0.39, 0.29) is 11.3 Å². The number of nitrogens with one attached hydrogen (secondary N) is 1. The van der Waals surface area contributed by atoms with Crippen molar-refractivity contribution >= 4 is 17.6 Å².